The highest BCUT2D eigenvalue weighted by molar-refractivity contribution is 7.19. The Labute approximate surface area is 158 Å². The van der Waals surface area contributed by atoms with Crippen LogP contribution in [0.25, 0.3) is 21.7 Å². The first-order valence-corrected chi connectivity index (χ1v) is 8.92. The molecule has 0 saturated carbocycles. The summed E-state index contributed by atoms with van der Waals surface area (Å²) in [5, 5.41) is 11.3. The fourth-order valence-corrected chi connectivity index (χ4v) is 3.51. The van der Waals surface area contributed by atoms with Gasteiger partial charge in [0.2, 0.25) is 5.13 Å². The average molecular weight is 375 g/mol. The number of hydrogen-bond acceptors (Lipinski definition) is 6. The first kappa shape index (κ1) is 16.9. The van der Waals surface area contributed by atoms with E-state index in [2.05, 4.69) is 9.98 Å². The molecule has 0 fully saturated rings. The standard InChI is InChI=1S/C20H13N3O3S/c24-23(25)17-12-11-16(26-17)13-21-20-22-18(14-7-3-1-4-8-14)19(27-20)15-9-5-2-6-10-15/h1-13H/b21-13+. The zero-order valence-electron chi connectivity index (χ0n) is 14.0. The fourth-order valence-electron chi connectivity index (χ4n) is 2.57. The summed E-state index contributed by atoms with van der Waals surface area (Å²) >= 11 is 1.46. The summed E-state index contributed by atoms with van der Waals surface area (Å²) in [5.41, 5.74) is 2.91. The van der Waals surface area contributed by atoms with Crippen molar-refractivity contribution in [2.75, 3.05) is 0 Å². The lowest BCUT2D eigenvalue weighted by Gasteiger charge is -2.02. The second-order valence-electron chi connectivity index (χ2n) is 5.60. The number of nitrogens with zero attached hydrogens (tertiary/aromatic N) is 3. The van der Waals surface area contributed by atoms with Crippen molar-refractivity contribution in [3.05, 3.63) is 88.7 Å². The van der Waals surface area contributed by atoms with Gasteiger partial charge in [-0.3, -0.25) is 10.1 Å². The maximum atomic E-state index is 10.7. The van der Waals surface area contributed by atoms with Crippen molar-refractivity contribution in [1.82, 2.24) is 4.98 Å². The molecule has 6 nitrogen and oxygen atoms in total. The molecule has 2 aromatic heterocycles. The van der Waals surface area contributed by atoms with Crippen LogP contribution in [0.5, 0.6) is 0 Å². The molecular formula is C20H13N3O3S. The minimum Gasteiger partial charge on any atom is -0.400 e. The first-order chi connectivity index (χ1) is 13.2. The average Bonchev–Trinajstić information content (AvgIpc) is 3.35. The number of aliphatic imine (C=N–C) groups is 1. The van der Waals surface area contributed by atoms with Crippen LogP contribution in [0.4, 0.5) is 11.0 Å². The van der Waals surface area contributed by atoms with Crippen molar-refractivity contribution in [2.24, 2.45) is 4.99 Å². The van der Waals surface area contributed by atoms with E-state index in [9.17, 15) is 10.1 Å². The zero-order chi connectivity index (χ0) is 18.6. The predicted molar refractivity (Wildman–Crippen MR) is 106 cm³/mol. The van der Waals surface area contributed by atoms with Crippen LogP contribution >= 0.6 is 11.3 Å². The van der Waals surface area contributed by atoms with Crippen LogP contribution in [-0.2, 0) is 0 Å². The highest BCUT2D eigenvalue weighted by Gasteiger charge is 2.15. The van der Waals surface area contributed by atoms with Crippen molar-refractivity contribution in [2.45, 2.75) is 0 Å². The molecule has 0 bridgehead atoms. The highest BCUT2D eigenvalue weighted by Crippen LogP contribution is 2.39. The smallest absolute Gasteiger partial charge is 0.400 e. The van der Waals surface area contributed by atoms with E-state index >= 15 is 0 Å². The normalized spacial score (nSPS) is 11.1. The van der Waals surface area contributed by atoms with Crippen molar-refractivity contribution in [3.63, 3.8) is 0 Å². The van der Waals surface area contributed by atoms with Gasteiger partial charge in [-0.2, -0.15) is 0 Å². The van der Waals surface area contributed by atoms with Crippen LogP contribution in [0, 0.1) is 10.1 Å². The molecule has 132 valence electrons. The van der Waals surface area contributed by atoms with Crippen LogP contribution in [0.1, 0.15) is 5.76 Å². The Bertz CT molecular complexity index is 1040. The molecule has 2 heterocycles. The quantitative estimate of drug-likeness (QED) is 0.253. The van der Waals surface area contributed by atoms with Gasteiger partial charge in [0.15, 0.2) is 5.76 Å². The molecule has 0 spiro atoms. The van der Waals surface area contributed by atoms with Gasteiger partial charge in [-0.1, -0.05) is 72.0 Å². The maximum absolute atomic E-state index is 10.7. The Morgan fingerprint density at radius 1 is 0.963 bits per heavy atom. The molecule has 0 radical (unpaired) electrons. The molecule has 0 amide bonds. The second-order valence-corrected chi connectivity index (χ2v) is 6.58. The van der Waals surface area contributed by atoms with E-state index in [-0.39, 0.29) is 5.88 Å². The number of hydrogen-bond donors (Lipinski definition) is 0. The number of thiazole rings is 1. The molecule has 2 aromatic carbocycles. The van der Waals surface area contributed by atoms with Crippen LogP contribution in [0.15, 0.2) is 82.2 Å². The molecule has 4 rings (SSSR count). The molecule has 0 N–H and O–H groups in total. The van der Waals surface area contributed by atoms with E-state index in [1.807, 2.05) is 60.7 Å². The summed E-state index contributed by atoms with van der Waals surface area (Å²) < 4.78 is 5.10. The van der Waals surface area contributed by atoms with Gasteiger partial charge in [0.25, 0.3) is 0 Å². The molecule has 0 saturated heterocycles. The molecule has 0 unspecified atom stereocenters. The molecule has 0 aliphatic carbocycles. The van der Waals surface area contributed by atoms with Gasteiger partial charge in [0.1, 0.15) is 4.92 Å². The number of benzene rings is 2. The molecular weight excluding hydrogens is 362 g/mol. The third-order valence-corrected chi connectivity index (χ3v) is 4.81. The van der Waals surface area contributed by atoms with E-state index < -0.39 is 4.92 Å². The van der Waals surface area contributed by atoms with Crippen LogP contribution < -0.4 is 0 Å². The number of furan rings is 1. The number of nitro groups is 1. The van der Waals surface area contributed by atoms with Gasteiger partial charge in [0.05, 0.1) is 22.9 Å². The van der Waals surface area contributed by atoms with Crippen molar-refractivity contribution in [3.8, 4) is 21.7 Å². The summed E-state index contributed by atoms with van der Waals surface area (Å²) in [5.74, 6) is -0.00930. The van der Waals surface area contributed by atoms with E-state index in [0.29, 0.717) is 10.9 Å². The first-order valence-electron chi connectivity index (χ1n) is 8.10. The van der Waals surface area contributed by atoms with Crippen LogP contribution in [-0.4, -0.2) is 16.1 Å². The SMILES string of the molecule is O=[N+]([O-])c1ccc(/C=N/c2nc(-c3ccccc3)c(-c3ccccc3)s2)o1. The third-order valence-electron chi connectivity index (χ3n) is 3.79. The Morgan fingerprint density at radius 3 is 2.26 bits per heavy atom. The molecule has 0 aliphatic heterocycles. The Morgan fingerprint density at radius 2 is 1.63 bits per heavy atom. The van der Waals surface area contributed by atoms with Crippen LogP contribution in [0.2, 0.25) is 0 Å². The summed E-state index contributed by atoms with van der Waals surface area (Å²) in [7, 11) is 0. The second kappa shape index (κ2) is 7.35. The monoisotopic (exact) mass is 375 g/mol. The topological polar surface area (TPSA) is 81.5 Å². The van der Waals surface area contributed by atoms with E-state index in [1.165, 1.54) is 29.7 Å². The van der Waals surface area contributed by atoms with Crippen LogP contribution in [0.3, 0.4) is 0 Å². The lowest BCUT2D eigenvalue weighted by Crippen LogP contribution is -1.83. The van der Waals surface area contributed by atoms with E-state index in [4.69, 9.17) is 4.42 Å². The van der Waals surface area contributed by atoms with Gasteiger partial charge in [-0.15, -0.1) is 0 Å². The minimum atomic E-state index is -0.582. The van der Waals surface area contributed by atoms with E-state index in [0.717, 1.165) is 21.7 Å². The lowest BCUT2D eigenvalue weighted by molar-refractivity contribution is -0.402. The molecule has 7 heteroatoms. The molecule has 4 aromatic rings. The van der Waals surface area contributed by atoms with Crippen molar-refractivity contribution < 1.29 is 9.34 Å². The Hall–Kier alpha value is -3.58. The number of aromatic nitrogens is 1. The fraction of sp³-hybridized carbons (Fsp3) is 0. The molecule has 27 heavy (non-hydrogen) atoms. The number of rotatable bonds is 5. The van der Waals surface area contributed by atoms with Gasteiger partial charge in [-0.05, 0) is 11.6 Å². The van der Waals surface area contributed by atoms with Gasteiger partial charge >= 0.3 is 5.88 Å². The van der Waals surface area contributed by atoms with E-state index in [1.54, 1.807) is 0 Å². The Balaban J connectivity index is 1.72. The third kappa shape index (κ3) is 3.68. The summed E-state index contributed by atoms with van der Waals surface area (Å²) in [4.78, 5) is 20.1. The predicted octanol–water partition coefficient (Wildman–Crippen LogP) is 5.73. The molecule has 0 atom stereocenters. The van der Waals surface area contributed by atoms with Crippen molar-refractivity contribution >= 4 is 28.6 Å². The van der Waals surface area contributed by atoms with Gasteiger partial charge in [-0.25, -0.2) is 9.98 Å². The largest absolute Gasteiger partial charge is 0.433 e. The maximum Gasteiger partial charge on any atom is 0.433 e. The Kier molecular flexibility index (Phi) is 4.59. The molecule has 0 aliphatic rings. The van der Waals surface area contributed by atoms with Crippen molar-refractivity contribution in [1.29, 1.82) is 0 Å². The summed E-state index contributed by atoms with van der Waals surface area (Å²) in [6.07, 6.45) is 1.44. The van der Waals surface area contributed by atoms with Gasteiger partial charge < -0.3 is 4.42 Å². The highest BCUT2D eigenvalue weighted by atomic mass is 32.1. The summed E-state index contributed by atoms with van der Waals surface area (Å²) in [6, 6.07) is 22.7. The zero-order valence-corrected chi connectivity index (χ0v) is 14.8. The van der Waals surface area contributed by atoms with Gasteiger partial charge in [0, 0.05) is 5.56 Å². The summed E-state index contributed by atoms with van der Waals surface area (Å²) in [6.45, 7) is 0. The minimum absolute atomic E-state index is 0.305. The lowest BCUT2D eigenvalue weighted by atomic mass is 10.1.